The smallest absolute Gasteiger partial charge is 0.146 e. The Morgan fingerprint density at radius 2 is 2.45 bits per heavy atom. The molecule has 1 rings (SSSR count). The Morgan fingerprint density at radius 3 is 3.00 bits per heavy atom. The fourth-order valence-corrected chi connectivity index (χ4v) is 0.778. The number of halogens is 1. The molecule has 0 saturated carbocycles. The minimum absolute atomic E-state index is 0.218. The molecule has 0 radical (unpaired) electrons. The van der Waals surface area contributed by atoms with Crippen LogP contribution in [0.2, 0.25) is 0 Å². The summed E-state index contributed by atoms with van der Waals surface area (Å²) in [5.41, 5.74) is 0.218. The highest BCUT2D eigenvalue weighted by Crippen LogP contribution is 2.13. The van der Waals surface area contributed by atoms with Crippen molar-refractivity contribution in [1.29, 1.82) is 5.26 Å². The van der Waals surface area contributed by atoms with E-state index >= 15 is 0 Å². The molecular formula is C8H7FN2. The highest BCUT2D eigenvalue weighted by Gasteiger charge is 2.09. The molecular weight excluding hydrogens is 143 g/mol. The van der Waals surface area contributed by atoms with E-state index in [4.69, 9.17) is 5.26 Å². The van der Waals surface area contributed by atoms with Gasteiger partial charge in [-0.3, -0.25) is 4.98 Å². The molecule has 0 aromatic carbocycles. The first-order valence-electron chi connectivity index (χ1n) is 3.25. The van der Waals surface area contributed by atoms with E-state index in [2.05, 4.69) is 4.98 Å². The zero-order valence-corrected chi connectivity index (χ0v) is 6.08. The van der Waals surface area contributed by atoms with Crippen molar-refractivity contribution < 1.29 is 4.39 Å². The molecule has 0 fully saturated rings. The predicted molar refractivity (Wildman–Crippen MR) is 38.2 cm³/mol. The summed E-state index contributed by atoms with van der Waals surface area (Å²) in [5, 5.41) is 8.46. The maximum atomic E-state index is 12.8. The number of nitriles is 1. The van der Waals surface area contributed by atoms with Crippen LogP contribution in [0.4, 0.5) is 4.39 Å². The van der Waals surface area contributed by atoms with Crippen molar-refractivity contribution in [2.75, 3.05) is 0 Å². The predicted octanol–water partition coefficient (Wildman–Crippen LogP) is 1.85. The second-order valence-electron chi connectivity index (χ2n) is 2.22. The van der Waals surface area contributed by atoms with Gasteiger partial charge >= 0.3 is 0 Å². The topological polar surface area (TPSA) is 36.7 Å². The van der Waals surface area contributed by atoms with Crippen LogP contribution in [0.5, 0.6) is 0 Å². The highest BCUT2D eigenvalue weighted by atomic mass is 19.1. The minimum Gasteiger partial charge on any atom is -0.257 e. The molecule has 3 heteroatoms. The fraction of sp³-hybridized carbons (Fsp3) is 0.250. The van der Waals surface area contributed by atoms with Crippen LogP contribution in [-0.4, -0.2) is 4.98 Å². The lowest BCUT2D eigenvalue weighted by molar-refractivity contribution is 0.594. The van der Waals surface area contributed by atoms with Gasteiger partial charge in [0.1, 0.15) is 5.82 Å². The largest absolute Gasteiger partial charge is 0.257 e. The molecule has 1 aromatic rings. The minimum atomic E-state index is -0.476. The first-order chi connectivity index (χ1) is 5.25. The van der Waals surface area contributed by atoms with Gasteiger partial charge in [-0.05, 0) is 19.1 Å². The Bertz CT molecular complexity index is 290. The molecule has 0 aliphatic carbocycles. The average molecular weight is 150 g/mol. The van der Waals surface area contributed by atoms with E-state index in [1.165, 1.54) is 18.3 Å². The molecule has 11 heavy (non-hydrogen) atoms. The maximum absolute atomic E-state index is 12.8. The average Bonchev–Trinajstić information content (AvgIpc) is 2.04. The van der Waals surface area contributed by atoms with Gasteiger partial charge in [-0.25, -0.2) is 4.39 Å². The summed E-state index contributed by atoms with van der Waals surface area (Å²) < 4.78 is 12.8. The highest BCUT2D eigenvalue weighted by molar-refractivity contribution is 5.16. The van der Waals surface area contributed by atoms with Gasteiger partial charge in [0, 0.05) is 6.20 Å². The zero-order chi connectivity index (χ0) is 8.27. The zero-order valence-electron chi connectivity index (χ0n) is 6.08. The van der Waals surface area contributed by atoms with Gasteiger partial charge in [0.25, 0.3) is 0 Å². The van der Waals surface area contributed by atoms with E-state index in [0.717, 1.165) is 0 Å². The summed E-state index contributed by atoms with van der Waals surface area (Å²) in [7, 11) is 0. The van der Waals surface area contributed by atoms with Gasteiger partial charge < -0.3 is 0 Å². The van der Waals surface area contributed by atoms with Crippen molar-refractivity contribution in [2.45, 2.75) is 12.8 Å². The molecule has 1 heterocycles. The molecule has 0 saturated heterocycles. The molecule has 1 unspecified atom stereocenters. The number of hydrogen-bond donors (Lipinski definition) is 0. The van der Waals surface area contributed by atoms with Crippen LogP contribution in [0.15, 0.2) is 18.3 Å². The molecule has 0 aliphatic heterocycles. The number of pyridine rings is 1. The second kappa shape index (κ2) is 3.11. The van der Waals surface area contributed by atoms with Crippen molar-refractivity contribution in [3.63, 3.8) is 0 Å². The van der Waals surface area contributed by atoms with E-state index in [-0.39, 0.29) is 5.69 Å². The quantitative estimate of drug-likeness (QED) is 0.612. The number of nitrogens with zero attached hydrogens (tertiary/aromatic N) is 2. The van der Waals surface area contributed by atoms with Crippen molar-refractivity contribution >= 4 is 0 Å². The van der Waals surface area contributed by atoms with Crippen LogP contribution in [0.25, 0.3) is 0 Å². The Morgan fingerprint density at radius 1 is 1.73 bits per heavy atom. The number of aromatic nitrogens is 1. The van der Waals surface area contributed by atoms with Crippen LogP contribution < -0.4 is 0 Å². The third kappa shape index (κ3) is 1.53. The number of hydrogen-bond acceptors (Lipinski definition) is 2. The molecule has 0 amide bonds. The first kappa shape index (κ1) is 7.67. The summed E-state index contributed by atoms with van der Waals surface area (Å²) in [6.45, 7) is 1.62. The van der Waals surface area contributed by atoms with Gasteiger partial charge in [0.15, 0.2) is 0 Å². The van der Waals surface area contributed by atoms with Crippen molar-refractivity contribution in [1.82, 2.24) is 4.98 Å². The molecule has 0 bridgehead atoms. The van der Waals surface area contributed by atoms with Crippen LogP contribution in [0, 0.1) is 17.1 Å². The molecule has 1 aromatic heterocycles. The van der Waals surface area contributed by atoms with Crippen LogP contribution in [0.1, 0.15) is 18.5 Å². The standard InChI is InChI=1S/C8H7FN2/c1-6(5-10)8-7(9)3-2-4-11-8/h2-4,6H,1H3. The lowest BCUT2D eigenvalue weighted by Crippen LogP contribution is -1.97. The van der Waals surface area contributed by atoms with Gasteiger partial charge in [-0.15, -0.1) is 0 Å². The summed E-state index contributed by atoms with van der Waals surface area (Å²) in [5.74, 6) is -0.891. The van der Waals surface area contributed by atoms with Crippen molar-refractivity contribution in [3.8, 4) is 6.07 Å². The lowest BCUT2D eigenvalue weighted by atomic mass is 10.1. The van der Waals surface area contributed by atoms with Gasteiger partial charge in [0.2, 0.25) is 0 Å². The molecule has 2 nitrogen and oxygen atoms in total. The Labute approximate surface area is 64.3 Å². The van der Waals surface area contributed by atoms with Crippen LogP contribution >= 0.6 is 0 Å². The molecule has 56 valence electrons. The number of rotatable bonds is 1. The maximum Gasteiger partial charge on any atom is 0.146 e. The fourth-order valence-electron chi connectivity index (χ4n) is 0.778. The normalized spacial score (nSPS) is 12.1. The third-order valence-corrected chi connectivity index (χ3v) is 1.39. The van der Waals surface area contributed by atoms with E-state index in [1.807, 2.05) is 6.07 Å². The SMILES string of the molecule is CC(C#N)c1ncccc1F. The lowest BCUT2D eigenvalue weighted by Gasteiger charge is -2.00. The summed E-state index contributed by atoms with van der Waals surface area (Å²) in [4.78, 5) is 3.75. The van der Waals surface area contributed by atoms with Gasteiger partial charge in [0.05, 0.1) is 17.7 Å². The molecule has 0 spiro atoms. The summed E-state index contributed by atoms with van der Waals surface area (Å²) in [6, 6.07) is 4.72. The van der Waals surface area contributed by atoms with Crippen LogP contribution in [-0.2, 0) is 0 Å². The Hall–Kier alpha value is -1.43. The molecule has 0 aliphatic rings. The van der Waals surface area contributed by atoms with Gasteiger partial charge in [-0.2, -0.15) is 5.26 Å². The third-order valence-electron chi connectivity index (χ3n) is 1.39. The molecule has 0 N–H and O–H groups in total. The van der Waals surface area contributed by atoms with E-state index in [0.29, 0.717) is 0 Å². The monoisotopic (exact) mass is 150 g/mol. The van der Waals surface area contributed by atoms with E-state index < -0.39 is 11.7 Å². The summed E-state index contributed by atoms with van der Waals surface area (Å²) in [6.07, 6.45) is 1.48. The van der Waals surface area contributed by atoms with Crippen molar-refractivity contribution in [2.24, 2.45) is 0 Å². The Balaban J connectivity index is 3.05. The van der Waals surface area contributed by atoms with E-state index in [9.17, 15) is 4.39 Å². The molecule has 1 atom stereocenters. The second-order valence-corrected chi connectivity index (χ2v) is 2.22. The Kier molecular flexibility index (Phi) is 2.17. The first-order valence-corrected chi connectivity index (χ1v) is 3.25. The van der Waals surface area contributed by atoms with Crippen LogP contribution in [0.3, 0.4) is 0 Å². The summed E-state index contributed by atoms with van der Waals surface area (Å²) >= 11 is 0. The van der Waals surface area contributed by atoms with Crippen molar-refractivity contribution in [3.05, 3.63) is 29.8 Å². The van der Waals surface area contributed by atoms with E-state index in [1.54, 1.807) is 6.92 Å². The van der Waals surface area contributed by atoms with Gasteiger partial charge in [-0.1, -0.05) is 0 Å².